The quantitative estimate of drug-likeness (QED) is 0.549. The minimum Gasteiger partial charge on any atom is -0.479 e. The van der Waals surface area contributed by atoms with E-state index in [-0.39, 0.29) is 13.2 Å². The number of aromatic nitrogens is 1. The Labute approximate surface area is 132 Å². The number of benzene rings is 1. The number of rotatable bonds is 4. The van der Waals surface area contributed by atoms with Gasteiger partial charge in [-0.05, 0) is 24.3 Å². The predicted octanol–water partition coefficient (Wildman–Crippen LogP) is 2.78. The Balaban J connectivity index is 2.20. The molecule has 0 spiro atoms. The van der Waals surface area contributed by atoms with Crippen molar-refractivity contribution in [2.24, 2.45) is 0 Å². The molecule has 5 heteroatoms. The van der Waals surface area contributed by atoms with Crippen LogP contribution in [0.5, 0.6) is 5.75 Å². The molecule has 23 heavy (non-hydrogen) atoms. The molecule has 0 saturated heterocycles. The van der Waals surface area contributed by atoms with E-state index in [1.165, 1.54) is 0 Å². The number of fused-ring (bicyclic) bond motifs is 3. The molecule has 0 fully saturated rings. The van der Waals surface area contributed by atoms with E-state index in [0.717, 1.165) is 16.4 Å². The standard InChI is InChI=1S/C18H12N2O3/c1-2-10-23-18(21)17-14-7-6-13(22-11-8-19)12-16(14)20-9-4-3-5-15(17)20/h1,3-7,9,12H,10-11H2. The molecular formula is C18H12N2O3. The fourth-order valence-corrected chi connectivity index (χ4v) is 2.52. The number of pyridine rings is 1. The second-order valence-corrected chi connectivity index (χ2v) is 4.74. The minimum absolute atomic E-state index is 0.0358. The van der Waals surface area contributed by atoms with Crippen molar-refractivity contribution in [3.8, 4) is 24.2 Å². The first kappa shape index (κ1) is 14.5. The summed E-state index contributed by atoms with van der Waals surface area (Å²) in [5, 5.41) is 9.35. The van der Waals surface area contributed by atoms with Crippen molar-refractivity contribution >= 4 is 22.4 Å². The third-order valence-corrected chi connectivity index (χ3v) is 3.41. The van der Waals surface area contributed by atoms with Gasteiger partial charge in [0, 0.05) is 17.6 Å². The summed E-state index contributed by atoms with van der Waals surface area (Å²) in [4.78, 5) is 12.3. The van der Waals surface area contributed by atoms with Crippen LogP contribution in [-0.2, 0) is 4.74 Å². The van der Waals surface area contributed by atoms with E-state index in [2.05, 4.69) is 5.92 Å². The van der Waals surface area contributed by atoms with Gasteiger partial charge in [-0.2, -0.15) is 5.26 Å². The van der Waals surface area contributed by atoms with Crippen LogP contribution in [0.25, 0.3) is 16.4 Å². The molecule has 0 unspecified atom stereocenters. The molecular weight excluding hydrogens is 292 g/mol. The average molecular weight is 304 g/mol. The Morgan fingerprint density at radius 1 is 1.22 bits per heavy atom. The van der Waals surface area contributed by atoms with Crippen molar-refractivity contribution in [3.05, 3.63) is 48.2 Å². The Kier molecular flexibility index (Phi) is 3.86. The molecule has 3 aromatic rings. The van der Waals surface area contributed by atoms with Gasteiger partial charge in [-0.1, -0.05) is 12.0 Å². The summed E-state index contributed by atoms with van der Waals surface area (Å²) in [5.74, 6) is 2.38. The fourth-order valence-electron chi connectivity index (χ4n) is 2.52. The van der Waals surface area contributed by atoms with Gasteiger partial charge >= 0.3 is 5.97 Å². The SMILES string of the molecule is C#CCOC(=O)c1c2ccc(OCC#N)cc2n2ccccc12. The maximum absolute atomic E-state index is 12.3. The first-order valence-corrected chi connectivity index (χ1v) is 6.89. The van der Waals surface area contributed by atoms with Crippen molar-refractivity contribution in [2.45, 2.75) is 0 Å². The Morgan fingerprint density at radius 2 is 2.09 bits per heavy atom. The summed E-state index contributed by atoms with van der Waals surface area (Å²) in [7, 11) is 0. The first-order valence-electron chi connectivity index (χ1n) is 6.89. The highest BCUT2D eigenvalue weighted by molar-refractivity contribution is 6.12. The molecule has 1 aromatic carbocycles. The number of carbonyl (C=O) groups is 1. The Bertz CT molecular complexity index is 973. The predicted molar refractivity (Wildman–Crippen MR) is 85.1 cm³/mol. The van der Waals surface area contributed by atoms with Crippen LogP contribution < -0.4 is 4.74 Å². The number of hydrogen-bond acceptors (Lipinski definition) is 4. The number of ether oxygens (including phenoxy) is 2. The Morgan fingerprint density at radius 3 is 2.87 bits per heavy atom. The zero-order chi connectivity index (χ0) is 16.2. The van der Waals surface area contributed by atoms with Crippen LogP contribution in [-0.4, -0.2) is 23.6 Å². The highest BCUT2D eigenvalue weighted by Crippen LogP contribution is 2.30. The van der Waals surface area contributed by atoms with Crippen LogP contribution in [0.2, 0.25) is 0 Å². The number of hydrogen-bond donors (Lipinski definition) is 0. The minimum atomic E-state index is -0.465. The maximum atomic E-state index is 12.3. The number of nitrogens with zero attached hydrogens (tertiary/aromatic N) is 2. The molecule has 0 amide bonds. The highest BCUT2D eigenvalue weighted by atomic mass is 16.5. The fraction of sp³-hybridized carbons (Fsp3) is 0.111. The molecule has 0 N–H and O–H groups in total. The van der Waals surface area contributed by atoms with Crippen molar-refractivity contribution in [1.29, 1.82) is 5.26 Å². The van der Waals surface area contributed by atoms with Gasteiger partial charge in [-0.3, -0.25) is 0 Å². The molecule has 112 valence electrons. The van der Waals surface area contributed by atoms with Gasteiger partial charge in [0.2, 0.25) is 0 Å². The summed E-state index contributed by atoms with van der Waals surface area (Å²) in [6.07, 6.45) is 7.00. The molecule has 3 rings (SSSR count). The molecule has 0 aliphatic heterocycles. The van der Waals surface area contributed by atoms with Crippen LogP contribution in [0.1, 0.15) is 10.4 Å². The lowest BCUT2D eigenvalue weighted by atomic mass is 10.1. The second kappa shape index (κ2) is 6.13. The van der Waals surface area contributed by atoms with Crippen LogP contribution in [0.15, 0.2) is 42.6 Å². The smallest absolute Gasteiger partial charge is 0.341 e. The van der Waals surface area contributed by atoms with E-state index in [1.807, 2.05) is 34.9 Å². The largest absolute Gasteiger partial charge is 0.479 e. The van der Waals surface area contributed by atoms with Gasteiger partial charge in [0.05, 0.1) is 16.6 Å². The van der Waals surface area contributed by atoms with Crippen LogP contribution >= 0.6 is 0 Å². The normalized spacial score (nSPS) is 10.2. The molecule has 0 radical (unpaired) electrons. The number of nitriles is 1. The summed E-state index contributed by atoms with van der Waals surface area (Å²) in [6, 6.07) is 12.8. The Hall–Kier alpha value is -3.44. The molecule has 2 aromatic heterocycles. The number of terminal acetylenes is 1. The second-order valence-electron chi connectivity index (χ2n) is 4.74. The van der Waals surface area contributed by atoms with Crippen molar-refractivity contribution in [1.82, 2.24) is 4.40 Å². The van der Waals surface area contributed by atoms with Crippen LogP contribution in [0.3, 0.4) is 0 Å². The third kappa shape index (κ3) is 2.56. The van der Waals surface area contributed by atoms with Crippen molar-refractivity contribution < 1.29 is 14.3 Å². The molecule has 0 aliphatic carbocycles. The van der Waals surface area contributed by atoms with E-state index < -0.39 is 5.97 Å². The zero-order valence-corrected chi connectivity index (χ0v) is 12.2. The van der Waals surface area contributed by atoms with E-state index in [4.69, 9.17) is 21.2 Å². The third-order valence-electron chi connectivity index (χ3n) is 3.41. The molecule has 0 saturated carbocycles. The molecule has 0 bridgehead atoms. The van der Waals surface area contributed by atoms with E-state index in [0.29, 0.717) is 11.3 Å². The monoisotopic (exact) mass is 304 g/mol. The summed E-state index contributed by atoms with van der Waals surface area (Å²) >= 11 is 0. The van der Waals surface area contributed by atoms with E-state index >= 15 is 0 Å². The van der Waals surface area contributed by atoms with Crippen LogP contribution in [0, 0.1) is 23.7 Å². The van der Waals surface area contributed by atoms with Gasteiger partial charge in [0.25, 0.3) is 0 Å². The lowest BCUT2D eigenvalue weighted by Gasteiger charge is -2.02. The highest BCUT2D eigenvalue weighted by Gasteiger charge is 2.19. The van der Waals surface area contributed by atoms with E-state index in [1.54, 1.807) is 18.2 Å². The van der Waals surface area contributed by atoms with Gasteiger partial charge in [-0.25, -0.2) is 4.79 Å². The number of carbonyl (C=O) groups excluding carboxylic acids is 1. The lowest BCUT2D eigenvalue weighted by molar-refractivity contribution is 0.0561. The topological polar surface area (TPSA) is 63.7 Å². The lowest BCUT2D eigenvalue weighted by Crippen LogP contribution is -2.05. The summed E-state index contributed by atoms with van der Waals surface area (Å²) in [5.41, 5.74) is 1.98. The van der Waals surface area contributed by atoms with Gasteiger partial charge < -0.3 is 13.9 Å². The van der Waals surface area contributed by atoms with Crippen LogP contribution in [0.4, 0.5) is 0 Å². The zero-order valence-electron chi connectivity index (χ0n) is 12.2. The van der Waals surface area contributed by atoms with Gasteiger partial charge in [-0.15, -0.1) is 6.42 Å². The van der Waals surface area contributed by atoms with Gasteiger partial charge in [0.15, 0.2) is 13.2 Å². The van der Waals surface area contributed by atoms with E-state index in [9.17, 15) is 4.79 Å². The first-order chi connectivity index (χ1) is 11.3. The van der Waals surface area contributed by atoms with Gasteiger partial charge in [0.1, 0.15) is 11.8 Å². The molecule has 0 atom stereocenters. The van der Waals surface area contributed by atoms with Crippen molar-refractivity contribution in [3.63, 3.8) is 0 Å². The summed E-state index contributed by atoms with van der Waals surface area (Å²) < 4.78 is 12.3. The summed E-state index contributed by atoms with van der Waals surface area (Å²) in [6.45, 7) is -0.111. The average Bonchev–Trinajstić information content (AvgIpc) is 2.91. The molecule has 2 heterocycles. The number of esters is 1. The molecule has 5 nitrogen and oxygen atoms in total. The maximum Gasteiger partial charge on any atom is 0.341 e. The molecule has 0 aliphatic rings. The van der Waals surface area contributed by atoms with Crippen molar-refractivity contribution in [2.75, 3.05) is 13.2 Å².